The van der Waals surface area contributed by atoms with Gasteiger partial charge in [-0.2, -0.15) is 0 Å². The summed E-state index contributed by atoms with van der Waals surface area (Å²) in [5, 5.41) is 15.1. The second-order valence-electron chi connectivity index (χ2n) is 6.94. The number of hydrogen-bond donors (Lipinski definition) is 2. The highest BCUT2D eigenvalue weighted by atomic mass is 16.1. The molecule has 7 heteroatoms. The number of aromatic amines is 1. The molecule has 0 fully saturated rings. The van der Waals surface area contributed by atoms with Crippen molar-refractivity contribution in [3.05, 3.63) is 65.5 Å². The molecule has 142 valence electrons. The maximum absolute atomic E-state index is 12.2. The van der Waals surface area contributed by atoms with Crippen LogP contribution in [0.15, 0.2) is 48.8 Å². The van der Waals surface area contributed by atoms with Crippen molar-refractivity contribution in [2.45, 2.75) is 33.4 Å². The van der Waals surface area contributed by atoms with E-state index in [0.717, 1.165) is 22.3 Å². The minimum absolute atomic E-state index is 0.0308. The van der Waals surface area contributed by atoms with Crippen LogP contribution in [0.3, 0.4) is 0 Å². The summed E-state index contributed by atoms with van der Waals surface area (Å²) in [4.78, 5) is 15.8. The summed E-state index contributed by atoms with van der Waals surface area (Å²) < 4.78 is 1.55. The van der Waals surface area contributed by atoms with Gasteiger partial charge < -0.3 is 10.3 Å². The molecule has 0 aliphatic carbocycles. The van der Waals surface area contributed by atoms with Gasteiger partial charge >= 0.3 is 0 Å². The van der Waals surface area contributed by atoms with Crippen LogP contribution in [-0.4, -0.2) is 31.1 Å². The molecule has 0 saturated heterocycles. The Hall–Kier alpha value is -3.48. The first-order chi connectivity index (χ1) is 13.6. The third-order valence-electron chi connectivity index (χ3n) is 4.89. The number of nitrogens with one attached hydrogen (secondary N) is 2. The Bertz CT molecular complexity index is 1100. The first-order valence-electron chi connectivity index (χ1n) is 9.26. The summed E-state index contributed by atoms with van der Waals surface area (Å²) in [5.74, 6) is -0.0308. The Balaban J connectivity index is 1.56. The zero-order valence-electron chi connectivity index (χ0n) is 15.9. The van der Waals surface area contributed by atoms with Crippen LogP contribution in [0.5, 0.6) is 0 Å². The number of benzene rings is 2. The minimum atomic E-state index is -0.0308. The number of amides is 1. The van der Waals surface area contributed by atoms with Crippen LogP contribution in [0.1, 0.15) is 23.1 Å². The van der Waals surface area contributed by atoms with Gasteiger partial charge in [-0.25, -0.2) is 4.68 Å². The van der Waals surface area contributed by atoms with Crippen LogP contribution >= 0.6 is 0 Å². The summed E-state index contributed by atoms with van der Waals surface area (Å²) in [5.41, 5.74) is 6.82. The molecular weight excluding hydrogens is 352 g/mol. The number of aromatic nitrogens is 5. The van der Waals surface area contributed by atoms with Crippen molar-refractivity contribution in [2.24, 2.45) is 0 Å². The summed E-state index contributed by atoms with van der Waals surface area (Å²) in [6.07, 6.45) is 1.84. The predicted molar refractivity (Wildman–Crippen MR) is 107 cm³/mol. The standard InChI is InChI=1S/C21H22N6O/c1-14-10-17(12-22-19(28)8-9-27-13-23-25-26-27)21-18(11-14)15(2)20(24-21)16-6-4-3-5-7-16/h3-7,10-11,13,24H,8-9,12H2,1-2H3,(H,22,28). The Labute approximate surface area is 162 Å². The smallest absolute Gasteiger partial charge is 0.222 e. The van der Waals surface area contributed by atoms with Gasteiger partial charge in [0.05, 0.1) is 12.1 Å². The van der Waals surface area contributed by atoms with Crippen molar-refractivity contribution in [1.82, 2.24) is 30.5 Å². The van der Waals surface area contributed by atoms with Crippen molar-refractivity contribution in [1.29, 1.82) is 0 Å². The summed E-state index contributed by atoms with van der Waals surface area (Å²) in [6.45, 7) is 5.15. The van der Waals surface area contributed by atoms with Gasteiger partial charge in [0.15, 0.2) is 0 Å². The van der Waals surface area contributed by atoms with Crippen molar-refractivity contribution in [3.63, 3.8) is 0 Å². The van der Waals surface area contributed by atoms with Crippen molar-refractivity contribution in [3.8, 4) is 11.3 Å². The monoisotopic (exact) mass is 374 g/mol. The molecular formula is C21H22N6O. The number of carbonyl (C=O) groups is 1. The molecule has 2 aromatic heterocycles. The maximum Gasteiger partial charge on any atom is 0.222 e. The van der Waals surface area contributed by atoms with Crippen LogP contribution in [0.25, 0.3) is 22.2 Å². The van der Waals surface area contributed by atoms with Crippen LogP contribution in [0.4, 0.5) is 0 Å². The summed E-state index contributed by atoms with van der Waals surface area (Å²) in [7, 11) is 0. The fourth-order valence-electron chi connectivity index (χ4n) is 3.47. The van der Waals surface area contributed by atoms with E-state index in [4.69, 9.17) is 0 Å². The molecule has 0 atom stereocenters. The zero-order valence-corrected chi connectivity index (χ0v) is 15.9. The van der Waals surface area contributed by atoms with E-state index >= 15 is 0 Å². The average Bonchev–Trinajstić information content (AvgIpc) is 3.34. The zero-order chi connectivity index (χ0) is 19.5. The van der Waals surface area contributed by atoms with Crippen LogP contribution < -0.4 is 5.32 Å². The highest BCUT2D eigenvalue weighted by molar-refractivity contribution is 5.93. The van der Waals surface area contributed by atoms with Gasteiger partial charge in [-0.3, -0.25) is 4.79 Å². The van der Waals surface area contributed by atoms with E-state index in [2.05, 4.69) is 63.9 Å². The van der Waals surface area contributed by atoms with E-state index < -0.39 is 0 Å². The third-order valence-corrected chi connectivity index (χ3v) is 4.89. The largest absolute Gasteiger partial charge is 0.354 e. The molecule has 0 spiro atoms. The number of aryl methyl sites for hydroxylation is 3. The molecule has 0 unspecified atom stereocenters. The normalized spacial score (nSPS) is 11.1. The fourth-order valence-corrected chi connectivity index (χ4v) is 3.47. The molecule has 4 aromatic rings. The predicted octanol–water partition coefficient (Wildman–Crippen LogP) is 3.14. The van der Waals surface area contributed by atoms with Gasteiger partial charge in [0.1, 0.15) is 6.33 Å². The summed E-state index contributed by atoms with van der Waals surface area (Å²) >= 11 is 0. The topological polar surface area (TPSA) is 88.5 Å². The second kappa shape index (κ2) is 7.64. The number of tetrazole rings is 1. The van der Waals surface area contributed by atoms with Crippen LogP contribution in [0, 0.1) is 13.8 Å². The van der Waals surface area contributed by atoms with E-state index in [1.54, 1.807) is 4.68 Å². The minimum Gasteiger partial charge on any atom is -0.354 e. The lowest BCUT2D eigenvalue weighted by Gasteiger charge is -2.08. The molecule has 2 N–H and O–H groups in total. The van der Waals surface area contributed by atoms with Crippen molar-refractivity contribution < 1.29 is 4.79 Å². The fraction of sp³-hybridized carbons (Fsp3) is 0.238. The molecule has 0 saturated carbocycles. The quantitative estimate of drug-likeness (QED) is 0.543. The molecule has 0 aliphatic rings. The molecule has 0 aliphatic heterocycles. The van der Waals surface area contributed by atoms with Gasteiger partial charge in [-0.1, -0.05) is 42.0 Å². The van der Waals surface area contributed by atoms with Crippen LogP contribution in [-0.2, 0) is 17.9 Å². The molecule has 0 bridgehead atoms. The third kappa shape index (κ3) is 3.64. The SMILES string of the molecule is Cc1cc(CNC(=O)CCn2cnnn2)c2[nH]c(-c3ccccc3)c(C)c2c1. The molecule has 7 nitrogen and oxygen atoms in total. The molecule has 28 heavy (non-hydrogen) atoms. The summed E-state index contributed by atoms with van der Waals surface area (Å²) in [6, 6.07) is 14.6. The number of rotatable bonds is 6. The van der Waals surface area contributed by atoms with Gasteiger partial charge in [0, 0.05) is 24.0 Å². The molecule has 2 aromatic carbocycles. The number of nitrogens with zero attached hydrogens (tertiary/aromatic N) is 4. The Morgan fingerprint density at radius 3 is 2.75 bits per heavy atom. The lowest BCUT2D eigenvalue weighted by molar-refractivity contribution is -0.121. The Morgan fingerprint density at radius 2 is 2.00 bits per heavy atom. The lowest BCUT2D eigenvalue weighted by atomic mass is 10.0. The molecule has 2 heterocycles. The number of H-pyrrole nitrogens is 1. The highest BCUT2D eigenvalue weighted by Crippen LogP contribution is 2.32. The molecule has 1 amide bonds. The van der Waals surface area contributed by atoms with Gasteiger partial charge in [0.25, 0.3) is 0 Å². The van der Waals surface area contributed by atoms with E-state index in [1.165, 1.54) is 22.8 Å². The average molecular weight is 374 g/mol. The molecule has 4 rings (SSSR count). The van der Waals surface area contributed by atoms with Gasteiger partial charge in [0.2, 0.25) is 5.91 Å². The molecule has 0 radical (unpaired) electrons. The number of carbonyl (C=O) groups excluding carboxylic acids is 1. The number of hydrogen-bond acceptors (Lipinski definition) is 4. The first kappa shape index (κ1) is 17.9. The second-order valence-corrected chi connectivity index (χ2v) is 6.94. The van der Waals surface area contributed by atoms with E-state index in [9.17, 15) is 4.79 Å². The van der Waals surface area contributed by atoms with Crippen LogP contribution in [0.2, 0.25) is 0 Å². The van der Waals surface area contributed by atoms with Gasteiger partial charge in [-0.15, -0.1) is 5.10 Å². The number of fused-ring (bicyclic) bond motifs is 1. The van der Waals surface area contributed by atoms with Gasteiger partial charge in [-0.05, 0) is 47.0 Å². The first-order valence-corrected chi connectivity index (χ1v) is 9.26. The maximum atomic E-state index is 12.2. The highest BCUT2D eigenvalue weighted by Gasteiger charge is 2.13. The van der Waals surface area contributed by atoms with E-state index in [1.807, 2.05) is 18.2 Å². The lowest BCUT2D eigenvalue weighted by Crippen LogP contribution is -2.24. The Morgan fingerprint density at radius 1 is 1.18 bits per heavy atom. The van der Waals surface area contributed by atoms with E-state index in [0.29, 0.717) is 19.5 Å². The van der Waals surface area contributed by atoms with Crippen molar-refractivity contribution in [2.75, 3.05) is 0 Å². The van der Waals surface area contributed by atoms with E-state index in [-0.39, 0.29) is 5.91 Å². The Kier molecular flexibility index (Phi) is 4.89. The van der Waals surface area contributed by atoms with Crippen molar-refractivity contribution >= 4 is 16.8 Å².